The average Bonchev–Trinajstić information content (AvgIpc) is 2.92. The van der Waals surface area contributed by atoms with Gasteiger partial charge < -0.3 is 13.1 Å². The first-order valence-electron chi connectivity index (χ1n) is 12.4. The molecule has 4 rings (SSSR count). The van der Waals surface area contributed by atoms with Crippen LogP contribution in [0.5, 0.6) is 17.2 Å². The molecule has 0 saturated heterocycles. The minimum atomic E-state index is -4.40. The van der Waals surface area contributed by atoms with Crippen molar-refractivity contribution in [3.63, 3.8) is 0 Å². The fourth-order valence-corrected chi connectivity index (χ4v) is 5.79. The van der Waals surface area contributed by atoms with E-state index >= 15 is 0 Å². The van der Waals surface area contributed by atoms with Crippen LogP contribution in [0.2, 0.25) is 0 Å². The number of aldehydes is 1. The SMILES string of the molecule is CCc1c(OS(=O)(=O)c2ccc(C)cc2)cc(OS(=O)(=O)c2ccc(C)cc2)c(C=O)c1OCc1ccccc1. The summed E-state index contributed by atoms with van der Waals surface area (Å²) in [7, 11) is -8.74. The van der Waals surface area contributed by atoms with Gasteiger partial charge in [0.2, 0.25) is 0 Å². The van der Waals surface area contributed by atoms with E-state index in [0.717, 1.165) is 22.8 Å². The molecule has 10 heteroatoms. The standard InChI is InChI=1S/C30H28O8S2/c1-4-26-28(37-39(32,33)24-14-10-21(2)11-15-24)18-29(38-40(34,35)25-16-12-22(3)13-17-25)27(19-31)30(26)36-20-23-8-6-5-7-9-23/h5-19H,4,20H2,1-3H3. The number of rotatable bonds is 11. The van der Waals surface area contributed by atoms with Crippen LogP contribution in [0.4, 0.5) is 0 Å². The van der Waals surface area contributed by atoms with Crippen molar-refractivity contribution in [3.8, 4) is 17.2 Å². The number of carbonyl (C=O) groups is 1. The third kappa shape index (κ3) is 6.52. The summed E-state index contributed by atoms with van der Waals surface area (Å²) in [6.07, 6.45) is 0.618. The molecule has 4 aromatic rings. The van der Waals surface area contributed by atoms with E-state index in [-0.39, 0.29) is 45.4 Å². The summed E-state index contributed by atoms with van der Waals surface area (Å²) in [5.74, 6) is -0.678. The summed E-state index contributed by atoms with van der Waals surface area (Å²) in [4.78, 5) is 12.1. The number of hydrogen-bond donors (Lipinski definition) is 0. The quantitative estimate of drug-likeness (QED) is 0.162. The Hall–Kier alpha value is -4.15. The van der Waals surface area contributed by atoms with Gasteiger partial charge in [-0.15, -0.1) is 0 Å². The first kappa shape index (κ1) is 28.8. The molecule has 40 heavy (non-hydrogen) atoms. The van der Waals surface area contributed by atoms with Crippen molar-refractivity contribution in [2.24, 2.45) is 0 Å². The molecule has 0 fully saturated rings. The van der Waals surface area contributed by atoms with E-state index in [1.165, 1.54) is 24.3 Å². The number of carbonyl (C=O) groups excluding carboxylic acids is 1. The van der Waals surface area contributed by atoms with Gasteiger partial charge in [0.1, 0.15) is 27.7 Å². The van der Waals surface area contributed by atoms with Gasteiger partial charge in [-0.25, -0.2) is 0 Å². The van der Waals surface area contributed by atoms with Crippen molar-refractivity contribution in [2.75, 3.05) is 0 Å². The van der Waals surface area contributed by atoms with Gasteiger partial charge in [-0.3, -0.25) is 4.79 Å². The van der Waals surface area contributed by atoms with Crippen LogP contribution in [0.1, 0.15) is 39.5 Å². The molecule has 0 unspecified atom stereocenters. The molecule has 0 aromatic heterocycles. The van der Waals surface area contributed by atoms with Crippen LogP contribution in [0, 0.1) is 13.8 Å². The van der Waals surface area contributed by atoms with E-state index in [9.17, 15) is 21.6 Å². The molecule has 0 aliphatic carbocycles. The highest BCUT2D eigenvalue weighted by atomic mass is 32.2. The number of ether oxygens (including phenoxy) is 1. The molecule has 4 aromatic carbocycles. The second-order valence-corrected chi connectivity index (χ2v) is 12.1. The molecule has 0 aliphatic rings. The summed E-state index contributed by atoms with van der Waals surface area (Å²) < 4.78 is 69.6. The predicted molar refractivity (Wildman–Crippen MR) is 150 cm³/mol. The van der Waals surface area contributed by atoms with E-state index in [1.54, 1.807) is 38.1 Å². The lowest BCUT2D eigenvalue weighted by molar-refractivity contribution is 0.111. The molecule has 0 N–H and O–H groups in total. The first-order chi connectivity index (χ1) is 19.0. The summed E-state index contributed by atoms with van der Waals surface area (Å²) in [6.45, 7) is 5.37. The van der Waals surface area contributed by atoms with Gasteiger partial charge in [-0.2, -0.15) is 16.8 Å². The second kappa shape index (κ2) is 11.9. The number of hydrogen-bond acceptors (Lipinski definition) is 8. The fraction of sp³-hybridized carbons (Fsp3) is 0.167. The average molecular weight is 581 g/mol. The molecule has 0 saturated carbocycles. The topological polar surface area (TPSA) is 113 Å². The Labute approximate surface area is 234 Å². The Kier molecular flexibility index (Phi) is 8.61. The molecular formula is C30H28O8S2. The highest BCUT2D eigenvalue weighted by Gasteiger charge is 2.28. The molecule has 0 radical (unpaired) electrons. The maximum Gasteiger partial charge on any atom is 0.339 e. The van der Waals surface area contributed by atoms with Gasteiger partial charge in [-0.05, 0) is 50.1 Å². The van der Waals surface area contributed by atoms with Crippen LogP contribution in [-0.4, -0.2) is 23.1 Å². The zero-order chi connectivity index (χ0) is 28.9. The monoisotopic (exact) mass is 580 g/mol. The van der Waals surface area contributed by atoms with Gasteiger partial charge in [0.25, 0.3) is 0 Å². The van der Waals surface area contributed by atoms with Gasteiger partial charge in [0.15, 0.2) is 17.8 Å². The van der Waals surface area contributed by atoms with Crippen LogP contribution in [-0.2, 0) is 33.3 Å². The molecule has 208 valence electrons. The minimum Gasteiger partial charge on any atom is -0.488 e. The number of aryl methyl sites for hydroxylation is 2. The largest absolute Gasteiger partial charge is 0.488 e. The van der Waals surface area contributed by atoms with Gasteiger partial charge >= 0.3 is 20.2 Å². The Morgan fingerprint density at radius 2 is 1.20 bits per heavy atom. The van der Waals surface area contributed by atoms with Crippen LogP contribution >= 0.6 is 0 Å². The normalized spacial score (nSPS) is 11.6. The third-order valence-corrected chi connectivity index (χ3v) is 8.56. The van der Waals surface area contributed by atoms with Gasteiger partial charge in [0, 0.05) is 11.6 Å². The van der Waals surface area contributed by atoms with Crippen molar-refractivity contribution in [2.45, 2.75) is 43.6 Å². The smallest absolute Gasteiger partial charge is 0.339 e. The zero-order valence-corrected chi connectivity index (χ0v) is 23.8. The van der Waals surface area contributed by atoms with Gasteiger partial charge in [-0.1, -0.05) is 72.6 Å². The third-order valence-electron chi connectivity index (χ3n) is 6.06. The first-order valence-corrected chi connectivity index (χ1v) is 15.2. The molecule has 0 bridgehead atoms. The highest BCUT2D eigenvalue weighted by Crippen LogP contribution is 2.41. The van der Waals surface area contributed by atoms with E-state index in [0.29, 0.717) is 6.29 Å². The highest BCUT2D eigenvalue weighted by molar-refractivity contribution is 7.87. The lowest BCUT2D eigenvalue weighted by Gasteiger charge is -2.20. The number of benzene rings is 4. The van der Waals surface area contributed by atoms with Crippen molar-refractivity contribution in [1.82, 2.24) is 0 Å². The van der Waals surface area contributed by atoms with E-state index in [4.69, 9.17) is 13.1 Å². The molecule has 0 aliphatic heterocycles. The predicted octanol–water partition coefficient (Wildman–Crippen LogP) is 5.79. The molecule has 0 heterocycles. The molecule has 0 amide bonds. The molecular weight excluding hydrogens is 552 g/mol. The lowest BCUT2D eigenvalue weighted by atomic mass is 10.0. The van der Waals surface area contributed by atoms with Crippen molar-refractivity contribution < 1.29 is 34.7 Å². The Bertz CT molecular complexity index is 1710. The zero-order valence-electron chi connectivity index (χ0n) is 22.2. The van der Waals surface area contributed by atoms with Crippen LogP contribution in [0.3, 0.4) is 0 Å². The molecule has 0 spiro atoms. The summed E-state index contributed by atoms with van der Waals surface area (Å²) in [5.41, 5.74) is 2.54. The minimum absolute atomic E-state index is 0.0208. The maximum atomic E-state index is 13.2. The van der Waals surface area contributed by atoms with Crippen molar-refractivity contribution in [3.05, 3.63) is 113 Å². The Morgan fingerprint density at radius 1 is 0.700 bits per heavy atom. The van der Waals surface area contributed by atoms with E-state index < -0.39 is 26.0 Å². The molecule has 8 nitrogen and oxygen atoms in total. The Balaban J connectivity index is 1.85. The van der Waals surface area contributed by atoms with Crippen LogP contribution in [0.15, 0.2) is 94.7 Å². The fourth-order valence-electron chi connectivity index (χ4n) is 3.90. The van der Waals surface area contributed by atoms with Crippen molar-refractivity contribution >= 4 is 26.5 Å². The summed E-state index contributed by atoms with van der Waals surface area (Å²) in [6, 6.07) is 22.2. The van der Waals surface area contributed by atoms with Crippen LogP contribution < -0.4 is 13.1 Å². The second-order valence-electron chi connectivity index (χ2n) is 9.04. The maximum absolute atomic E-state index is 13.2. The van der Waals surface area contributed by atoms with Gasteiger partial charge in [0.05, 0.1) is 0 Å². The van der Waals surface area contributed by atoms with Crippen LogP contribution in [0.25, 0.3) is 0 Å². The lowest BCUT2D eigenvalue weighted by Crippen LogP contribution is -2.15. The summed E-state index contributed by atoms with van der Waals surface area (Å²) >= 11 is 0. The van der Waals surface area contributed by atoms with E-state index in [2.05, 4.69) is 0 Å². The van der Waals surface area contributed by atoms with Crippen molar-refractivity contribution in [1.29, 1.82) is 0 Å². The summed E-state index contributed by atoms with van der Waals surface area (Å²) in [5, 5.41) is 0. The van der Waals surface area contributed by atoms with E-state index in [1.807, 2.05) is 37.3 Å². The molecule has 0 atom stereocenters. The Morgan fingerprint density at radius 3 is 1.68 bits per heavy atom.